The highest BCUT2D eigenvalue weighted by molar-refractivity contribution is 5.90. The van der Waals surface area contributed by atoms with Crippen LogP contribution < -0.4 is 4.90 Å². The maximum Gasteiger partial charge on any atom is 0.338 e. The lowest BCUT2D eigenvalue weighted by molar-refractivity contribution is -0.384. The fourth-order valence-electron chi connectivity index (χ4n) is 1.71. The molecular formula is C13H17FN2O5. The normalized spacial score (nSPS) is 10.7. The number of nitro groups is 1. The molecule has 0 atom stereocenters. The molecule has 21 heavy (non-hydrogen) atoms. The number of anilines is 1. The second kappa shape index (κ2) is 6.98. The highest BCUT2D eigenvalue weighted by atomic mass is 19.1. The van der Waals surface area contributed by atoms with Crippen molar-refractivity contribution in [2.24, 2.45) is 0 Å². The number of benzene rings is 1. The number of nitro benzene ring substituents is 1. The summed E-state index contributed by atoms with van der Waals surface area (Å²) in [5.74, 6) is -2.61. The first-order chi connectivity index (χ1) is 9.73. The van der Waals surface area contributed by atoms with Crippen molar-refractivity contribution in [3.63, 3.8) is 0 Å². The molecule has 0 amide bonds. The van der Waals surface area contributed by atoms with E-state index < -0.39 is 28.0 Å². The lowest BCUT2D eigenvalue weighted by atomic mass is 10.1. The number of ether oxygens (including phenoxy) is 1. The van der Waals surface area contributed by atoms with Crippen molar-refractivity contribution >= 4 is 17.3 Å². The molecule has 0 radical (unpaired) electrons. The van der Waals surface area contributed by atoms with Gasteiger partial charge in [0.15, 0.2) is 0 Å². The standard InChI is InChI=1S/C13H17FN2O5/c1-8(2)21-5-4-15(3)11-6-9(13(17)18)10(14)7-12(11)16(19)20/h6-8H,4-5H2,1-3H3,(H,17,18). The fourth-order valence-corrected chi connectivity index (χ4v) is 1.71. The average molecular weight is 300 g/mol. The average Bonchev–Trinajstić information content (AvgIpc) is 2.37. The predicted octanol–water partition coefficient (Wildman–Crippen LogP) is 2.29. The van der Waals surface area contributed by atoms with E-state index in [1.165, 1.54) is 4.90 Å². The molecule has 0 fully saturated rings. The molecule has 8 heteroatoms. The highest BCUT2D eigenvalue weighted by Crippen LogP contribution is 2.30. The Hall–Kier alpha value is -2.22. The van der Waals surface area contributed by atoms with Crippen molar-refractivity contribution in [3.05, 3.63) is 33.6 Å². The first kappa shape index (κ1) is 16.8. The molecule has 0 saturated heterocycles. The van der Waals surface area contributed by atoms with Gasteiger partial charge in [0.05, 0.1) is 29.3 Å². The summed E-state index contributed by atoms with van der Waals surface area (Å²) < 4.78 is 18.9. The van der Waals surface area contributed by atoms with Gasteiger partial charge < -0.3 is 14.7 Å². The summed E-state index contributed by atoms with van der Waals surface area (Å²) in [7, 11) is 1.55. The van der Waals surface area contributed by atoms with Gasteiger partial charge in [-0.15, -0.1) is 0 Å². The van der Waals surface area contributed by atoms with Crippen LogP contribution in [0.1, 0.15) is 24.2 Å². The van der Waals surface area contributed by atoms with E-state index in [2.05, 4.69) is 0 Å². The molecule has 0 heterocycles. The van der Waals surface area contributed by atoms with Gasteiger partial charge in [-0.1, -0.05) is 0 Å². The van der Waals surface area contributed by atoms with Gasteiger partial charge in [-0.25, -0.2) is 9.18 Å². The van der Waals surface area contributed by atoms with Gasteiger partial charge in [-0.3, -0.25) is 10.1 Å². The number of rotatable bonds is 7. The lowest BCUT2D eigenvalue weighted by Gasteiger charge is -2.20. The topological polar surface area (TPSA) is 92.9 Å². The van der Waals surface area contributed by atoms with Gasteiger partial charge in [0.25, 0.3) is 5.69 Å². The van der Waals surface area contributed by atoms with E-state index in [1.54, 1.807) is 7.05 Å². The van der Waals surface area contributed by atoms with Crippen LogP contribution in [0.15, 0.2) is 12.1 Å². The lowest BCUT2D eigenvalue weighted by Crippen LogP contribution is -2.25. The van der Waals surface area contributed by atoms with Crippen molar-refractivity contribution < 1.29 is 24.0 Å². The third-order valence-corrected chi connectivity index (χ3v) is 2.78. The minimum atomic E-state index is -1.48. The zero-order valence-electron chi connectivity index (χ0n) is 12.0. The number of nitrogens with zero attached hydrogens (tertiary/aromatic N) is 2. The number of carboxylic acid groups (broad SMARTS) is 1. The van der Waals surface area contributed by atoms with Crippen LogP contribution in [0, 0.1) is 15.9 Å². The highest BCUT2D eigenvalue weighted by Gasteiger charge is 2.23. The number of hydrogen-bond acceptors (Lipinski definition) is 5. The fraction of sp³-hybridized carbons (Fsp3) is 0.462. The Balaban J connectivity index is 3.10. The van der Waals surface area contributed by atoms with Crippen LogP contribution in [-0.4, -0.2) is 42.3 Å². The van der Waals surface area contributed by atoms with E-state index in [0.717, 1.165) is 6.07 Å². The maximum atomic E-state index is 13.5. The summed E-state index contributed by atoms with van der Waals surface area (Å²) in [6, 6.07) is 1.59. The Morgan fingerprint density at radius 2 is 2.14 bits per heavy atom. The van der Waals surface area contributed by atoms with E-state index in [9.17, 15) is 19.3 Å². The quantitative estimate of drug-likeness (QED) is 0.613. The van der Waals surface area contributed by atoms with E-state index in [1.807, 2.05) is 13.8 Å². The number of likely N-dealkylation sites (N-methyl/N-ethyl adjacent to an activating group) is 1. The molecule has 1 N–H and O–H groups in total. The van der Waals surface area contributed by atoms with Gasteiger partial charge in [-0.2, -0.15) is 0 Å². The third-order valence-electron chi connectivity index (χ3n) is 2.78. The van der Waals surface area contributed by atoms with E-state index >= 15 is 0 Å². The molecule has 0 aromatic heterocycles. The predicted molar refractivity (Wildman–Crippen MR) is 74.4 cm³/mol. The molecule has 0 spiro atoms. The van der Waals surface area contributed by atoms with E-state index in [0.29, 0.717) is 19.2 Å². The number of carboxylic acids is 1. The van der Waals surface area contributed by atoms with Crippen LogP contribution in [0.25, 0.3) is 0 Å². The van der Waals surface area contributed by atoms with Gasteiger partial charge >= 0.3 is 5.97 Å². The second-order valence-electron chi connectivity index (χ2n) is 4.72. The molecule has 0 aliphatic carbocycles. The summed E-state index contributed by atoms with van der Waals surface area (Å²) in [6.07, 6.45) is 0.0104. The minimum absolute atomic E-state index is 0.0104. The molecule has 7 nitrogen and oxygen atoms in total. The van der Waals surface area contributed by atoms with Gasteiger partial charge in [0.2, 0.25) is 0 Å². The molecule has 116 valence electrons. The molecular weight excluding hydrogens is 283 g/mol. The summed E-state index contributed by atoms with van der Waals surface area (Å²) in [5.41, 5.74) is -1.05. The zero-order chi connectivity index (χ0) is 16.2. The number of aromatic carboxylic acids is 1. The summed E-state index contributed by atoms with van der Waals surface area (Å²) >= 11 is 0. The number of hydrogen-bond donors (Lipinski definition) is 1. The molecule has 0 bridgehead atoms. The van der Waals surface area contributed by atoms with Crippen LogP contribution in [0.3, 0.4) is 0 Å². The van der Waals surface area contributed by atoms with Crippen LogP contribution in [0.4, 0.5) is 15.8 Å². The van der Waals surface area contributed by atoms with Crippen LogP contribution in [0.2, 0.25) is 0 Å². The Kier molecular flexibility index (Phi) is 5.60. The van der Waals surface area contributed by atoms with Crippen LogP contribution in [0.5, 0.6) is 0 Å². The molecule has 0 unspecified atom stereocenters. The second-order valence-corrected chi connectivity index (χ2v) is 4.72. The van der Waals surface area contributed by atoms with Crippen molar-refractivity contribution in [2.75, 3.05) is 25.1 Å². The first-order valence-electron chi connectivity index (χ1n) is 6.28. The molecule has 1 aromatic carbocycles. The monoisotopic (exact) mass is 300 g/mol. The van der Waals surface area contributed by atoms with Gasteiger partial charge in [0, 0.05) is 13.6 Å². The molecule has 0 aliphatic rings. The van der Waals surface area contributed by atoms with Gasteiger partial charge in [-0.05, 0) is 19.9 Å². The Morgan fingerprint density at radius 1 is 1.52 bits per heavy atom. The van der Waals surface area contributed by atoms with Crippen molar-refractivity contribution in [3.8, 4) is 0 Å². The zero-order valence-corrected chi connectivity index (χ0v) is 12.0. The van der Waals surface area contributed by atoms with Crippen molar-refractivity contribution in [1.29, 1.82) is 0 Å². The summed E-state index contributed by atoms with van der Waals surface area (Å²) in [5, 5.41) is 19.9. The number of carbonyl (C=O) groups is 1. The van der Waals surface area contributed by atoms with Gasteiger partial charge in [0.1, 0.15) is 11.5 Å². The summed E-state index contributed by atoms with van der Waals surface area (Å²) in [4.78, 5) is 22.6. The Labute approximate surface area is 121 Å². The Bertz CT molecular complexity index is 548. The largest absolute Gasteiger partial charge is 0.478 e. The molecule has 0 aliphatic heterocycles. The van der Waals surface area contributed by atoms with Crippen molar-refractivity contribution in [2.45, 2.75) is 20.0 Å². The van der Waals surface area contributed by atoms with E-state index in [4.69, 9.17) is 9.84 Å². The Morgan fingerprint density at radius 3 is 2.62 bits per heavy atom. The maximum absolute atomic E-state index is 13.5. The third kappa shape index (κ3) is 4.38. The number of halogens is 1. The first-order valence-corrected chi connectivity index (χ1v) is 6.28. The van der Waals surface area contributed by atoms with Crippen LogP contribution >= 0.6 is 0 Å². The summed E-state index contributed by atoms with van der Waals surface area (Å²) in [6.45, 7) is 4.32. The smallest absolute Gasteiger partial charge is 0.338 e. The van der Waals surface area contributed by atoms with Crippen molar-refractivity contribution in [1.82, 2.24) is 0 Å². The SMILES string of the molecule is CC(C)OCCN(C)c1cc(C(=O)O)c(F)cc1[N+](=O)[O-]. The van der Waals surface area contributed by atoms with E-state index in [-0.39, 0.29) is 11.8 Å². The molecule has 1 aromatic rings. The van der Waals surface area contributed by atoms with Crippen LogP contribution in [-0.2, 0) is 4.74 Å². The molecule has 0 saturated carbocycles. The minimum Gasteiger partial charge on any atom is -0.478 e. The molecule has 1 rings (SSSR count).